The summed E-state index contributed by atoms with van der Waals surface area (Å²) in [6.45, 7) is 0.500. The second kappa shape index (κ2) is 4.73. The van der Waals surface area contributed by atoms with Gasteiger partial charge >= 0.3 is 0 Å². The van der Waals surface area contributed by atoms with Crippen molar-refractivity contribution in [3.05, 3.63) is 24.2 Å². The molecule has 0 aromatic carbocycles. The molecule has 2 saturated carbocycles. The van der Waals surface area contributed by atoms with E-state index in [1.54, 1.807) is 6.26 Å². The van der Waals surface area contributed by atoms with Crippen molar-refractivity contribution in [2.75, 3.05) is 0 Å². The average Bonchev–Trinajstić information content (AvgIpc) is 2.96. The summed E-state index contributed by atoms with van der Waals surface area (Å²) in [6, 6.07) is 6.33. The van der Waals surface area contributed by atoms with Crippen LogP contribution in [0.3, 0.4) is 0 Å². The van der Waals surface area contributed by atoms with Crippen molar-refractivity contribution in [3.8, 4) is 6.07 Å². The second-order valence-electron chi connectivity index (χ2n) is 5.64. The van der Waals surface area contributed by atoms with Gasteiger partial charge in [0.05, 0.1) is 18.9 Å². The Morgan fingerprint density at radius 3 is 2.74 bits per heavy atom. The lowest BCUT2D eigenvalue weighted by molar-refractivity contribution is -0.140. The summed E-state index contributed by atoms with van der Waals surface area (Å²) in [6.07, 6.45) is 7.12. The van der Waals surface area contributed by atoms with E-state index in [1.807, 2.05) is 17.0 Å². The van der Waals surface area contributed by atoms with Crippen molar-refractivity contribution in [1.29, 1.82) is 5.26 Å². The second-order valence-corrected chi connectivity index (χ2v) is 5.64. The normalized spacial score (nSPS) is 21.0. The molecule has 2 aliphatic carbocycles. The fourth-order valence-electron chi connectivity index (χ4n) is 2.95. The van der Waals surface area contributed by atoms with Gasteiger partial charge in [0.1, 0.15) is 11.2 Å². The first-order valence-electron chi connectivity index (χ1n) is 7.00. The van der Waals surface area contributed by atoms with Crippen LogP contribution in [-0.4, -0.2) is 16.8 Å². The number of hydrogen-bond acceptors (Lipinski definition) is 3. The monoisotopic (exact) mass is 258 g/mol. The topological polar surface area (TPSA) is 57.2 Å². The molecule has 1 amide bonds. The van der Waals surface area contributed by atoms with E-state index >= 15 is 0 Å². The molecule has 3 rings (SSSR count). The van der Waals surface area contributed by atoms with Crippen LogP contribution in [0.2, 0.25) is 0 Å². The van der Waals surface area contributed by atoms with Gasteiger partial charge in [-0.15, -0.1) is 0 Å². The number of amides is 1. The van der Waals surface area contributed by atoms with Crippen LogP contribution in [0.5, 0.6) is 0 Å². The van der Waals surface area contributed by atoms with E-state index in [0.717, 1.165) is 31.4 Å². The Bertz CT molecular complexity index is 491. The van der Waals surface area contributed by atoms with Gasteiger partial charge in [0.15, 0.2) is 0 Å². The van der Waals surface area contributed by atoms with Gasteiger partial charge in [-0.05, 0) is 37.8 Å². The molecule has 0 saturated heterocycles. The van der Waals surface area contributed by atoms with Gasteiger partial charge in [0.25, 0.3) is 0 Å². The van der Waals surface area contributed by atoms with Crippen molar-refractivity contribution < 1.29 is 9.21 Å². The Morgan fingerprint density at radius 1 is 1.47 bits per heavy atom. The Labute approximate surface area is 113 Å². The molecule has 4 nitrogen and oxygen atoms in total. The molecule has 0 unspecified atom stereocenters. The molecule has 0 radical (unpaired) electrons. The Hall–Kier alpha value is -1.76. The molecule has 1 aromatic heterocycles. The van der Waals surface area contributed by atoms with E-state index < -0.39 is 5.41 Å². The third-order valence-corrected chi connectivity index (χ3v) is 4.24. The third kappa shape index (κ3) is 2.25. The van der Waals surface area contributed by atoms with E-state index in [9.17, 15) is 10.1 Å². The van der Waals surface area contributed by atoms with Crippen LogP contribution < -0.4 is 0 Å². The van der Waals surface area contributed by atoms with Crippen molar-refractivity contribution in [2.24, 2.45) is 5.41 Å². The predicted octanol–water partition coefficient (Wildman–Crippen LogP) is 2.85. The van der Waals surface area contributed by atoms with E-state index in [2.05, 4.69) is 6.07 Å². The molecular weight excluding hydrogens is 240 g/mol. The zero-order chi connectivity index (χ0) is 13.3. The highest BCUT2D eigenvalue weighted by molar-refractivity contribution is 5.86. The number of nitriles is 1. The van der Waals surface area contributed by atoms with E-state index in [4.69, 9.17) is 4.42 Å². The van der Waals surface area contributed by atoms with Gasteiger partial charge in [-0.1, -0.05) is 12.8 Å². The minimum Gasteiger partial charge on any atom is -0.467 e. The van der Waals surface area contributed by atoms with Gasteiger partial charge < -0.3 is 9.32 Å². The van der Waals surface area contributed by atoms with E-state index in [-0.39, 0.29) is 5.91 Å². The summed E-state index contributed by atoms with van der Waals surface area (Å²) in [4.78, 5) is 14.6. The van der Waals surface area contributed by atoms with Crippen LogP contribution in [0, 0.1) is 16.7 Å². The van der Waals surface area contributed by atoms with Gasteiger partial charge in [-0.2, -0.15) is 5.26 Å². The molecule has 0 spiro atoms. The molecule has 1 aromatic rings. The zero-order valence-corrected chi connectivity index (χ0v) is 11.0. The SMILES string of the molecule is N#CC1(C(=O)N(Cc2ccco2)C2CC2)CCCC1. The first-order chi connectivity index (χ1) is 9.25. The highest BCUT2D eigenvalue weighted by atomic mass is 16.3. The van der Waals surface area contributed by atoms with E-state index in [1.165, 1.54) is 0 Å². The van der Waals surface area contributed by atoms with Crippen molar-refractivity contribution in [3.63, 3.8) is 0 Å². The summed E-state index contributed by atoms with van der Waals surface area (Å²) in [5, 5.41) is 9.44. The quantitative estimate of drug-likeness (QED) is 0.834. The molecule has 100 valence electrons. The first kappa shape index (κ1) is 12.3. The fourth-order valence-corrected chi connectivity index (χ4v) is 2.95. The maximum Gasteiger partial charge on any atom is 0.243 e. The zero-order valence-electron chi connectivity index (χ0n) is 11.0. The van der Waals surface area contributed by atoms with Crippen LogP contribution in [0.25, 0.3) is 0 Å². The lowest BCUT2D eigenvalue weighted by Gasteiger charge is -2.29. The molecule has 19 heavy (non-hydrogen) atoms. The molecule has 2 fully saturated rings. The summed E-state index contributed by atoms with van der Waals surface area (Å²) < 4.78 is 5.34. The van der Waals surface area contributed by atoms with Crippen molar-refractivity contribution >= 4 is 5.91 Å². The highest BCUT2D eigenvalue weighted by Crippen LogP contribution is 2.42. The predicted molar refractivity (Wildman–Crippen MR) is 68.8 cm³/mol. The number of rotatable bonds is 4. The summed E-state index contributed by atoms with van der Waals surface area (Å²) in [5.74, 6) is 0.817. The largest absolute Gasteiger partial charge is 0.467 e. The minimum absolute atomic E-state index is 0.0198. The van der Waals surface area contributed by atoms with Gasteiger partial charge in [0, 0.05) is 6.04 Å². The summed E-state index contributed by atoms with van der Waals surface area (Å²) in [7, 11) is 0. The maximum absolute atomic E-state index is 12.8. The van der Waals surface area contributed by atoms with Crippen LogP contribution in [-0.2, 0) is 11.3 Å². The number of carbonyl (C=O) groups is 1. The lowest BCUT2D eigenvalue weighted by Crippen LogP contribution is -2.42. The third-order valence-electron chi connectivity index (χ3n) is 4.24. The molecule has 0 atom stereocenters. The van der Waals surface area contributed by atoms with Crippen molar-refractivity contribution in [2.45, 2.75) is 51.1 Å². The van der Waals surface area contributed by atoms with Crippen LogP contribution in [0.15, 0.2) is 22.8 Å². The summed E-state index contributed by atoms with van der Waals surface area (Å²) >= 11 is 0. The Kier molecular flexibility index (Phi) is 3.06. The number of furan rings is 1. The number of hydrogen-bond donors (Lipinski definition) is 0. The van der Waals surface area contributed by atoms with Gasteiger partial charge in [0.2, 0.25) is 5.91 Å². The molecule has 2 aliphatic rings. The molecule has 1 heterocycles. The van der Waals surface area contributed by atoms with Crippen LogP contribution in [0.1, 0.15) is 44.3 Å². The van der Waals surface area contributed by atoms with Crippen molar-refractivity contribution in [1.82, 2.24) is 4.90 Å². The number of carbonyl (C=O) groups excluding carboxylic acids is 1. The molecule has 0 bridgehead atoms. The Morgan fingerprint density at radius 2 is 2.21 bits per heavy atom. The summed E-state index contributed by atoms with van der Waals surface area (Å²) in [5.41, 5.74) is -0.769. The lowest BCUT2D eigenvalue weighted by atomic mass is 9.86. The van der Waals surface area contributed by atoms with E-state index in [0.29, 0.717) is 25.4 Å². The minimum atomic E-state index is -0.769. The first-order valence-corrected chi connectivity index (χ1v) is 7.00. The average molecular weight is 258 g/mol. The van der Waals surface area contributed by atoms with Gasteiger partial charge in [-0.3, -0.25) is 4.79 Å². The standard InChI is InChI=1S/C15H18N2O2/c16-11-15(7-1-2-8-15)14(18)17(12-5-6-12)10-13-4-3-9-19-13/h3-4,9,12H,1-2,5-8,10H2. The smallest absolute Gasteiger partial charge is 0.243 e. The fraction of sp³-hybridized carbons (Fsp3) is 0.600. The van der Waals surface area contributed by atoms with Gasteiger partial charge in [-0.25, -0.2) is 0 Å². The maximum atomic E-state index is 12.8. The molecule has 0 aliphatic heterocycles. The number of nitrogens with zero attached hydrogens (tertiary/aromatic N) is 2. The molecular formula is C15H18N2O2. The highest BCUT2D eigenvalue weighted by Gasteiger charge is 2.47. The van der Waals surface area contributed by atoms with Crippen LogP contribution >= 0.6 is 0 Å². The Balaban J connectivity index is 1.80. The molecule has 0 N–H and O–H groups in total. The molecule has 4 heteroatoms. The van der Waals surface area contributed by atoms with Crippen LogP contribution in [0.4, 0.5) is 0 Å².